The van der Waals surface area contributed by atoms with E-state index in [-0.39, 0.29) is 0 Å². The van der Waals surface area contributed by atoms with Gasteiger partial charge in [0.15, 0.2) is 5.92 Å². The molecule has 100 valence electrons. The van der Waals surface area contributed by atoms with Crippen LogP contribution in [0.15, 0.2) is 0 Å². The summed E-state index contributed by atoms with van der Waals surface area (Å²) in [7, 11) is 0. The molecule has 0 amide bonds. The van der Waals surface area contributed by atoms with Crippen LogP contribution < -0.4 is 0 Å². The van der Waals surface area contributed by atoms with Crippen molar-refractivity contribution in [3.63, 3.8) is 0 Å². The second-order valence-electron chi connectivity index (χ2n) is 4.18. The lowest BCUT2D eigenvalue weighted by molar-refractivity contribution is -0.172. The minimum absolute atomic E-state index is 0.294. The Hall–Kier alpha value is -0.760. The lowest BCUT2D eigenvalue weighted by Gasteiger charge is -2.17. The van der Waals surface area contributed by atoms with E-state index in [2.05, 4.69) is 6.92 Å². The van der Waals surface area contributed by atoms with Crippen molar-refractivity contribution >= 4 is 0 Å². The molecule has 0 aliphatic heterocycles. The predicted molar refractivity (Wildman–Crippen MR) is 59.3 cm³/mol. The highest BCUT2D eigenvalue weighted by Gasteiger charge is 2.40. The Labute approximate surface area is 101 Å². The van der Waals surface area contributed by atoms with Crippen LogP contribution in [0.4, 0.5) is 13.2 Å². The Kier molecular flexibility index (Phi) is 7.98. The first-order valence-corrected chi connectivity index (χ1v) is 5.99. The van der Waals surface area contributed by atoms with E-state index in [4.69, 9.17) is 10.00 Å². The number of halogens is 3. The Bertz CT molecular complexity index is 235. The summed E-state index contributed by atoms with van der Waals surface area (Å²) in [5.41, 5.74) is 0. The summed E-state index contributed by atoms with van der Waals surface area (Å²) < 4.78 is 41.7. The molecule has 0 heterocycles. The molecule has 0 bridgehead atoms. The van der Waals surface area contributed by atoms with Gasteiger partial charge in [0.25, 0.3) is 0 Å². The normalized spacial score (nSPS) is 15.3. The Balaban J connectivity index is 3.91. The molecule has 0 saturated heterocycles. The summed E-state index contributed by atoms with van der Waals surface area (Å²) in [6, 6.07) is 1.23. The number of hydrogen-bond donors (Lipinski definition) is 0. The van der Waals surface area contributed by atoms with E-state index < -0.39 is 18.7 Å². The van der Waals surface area contributed by atoms with E-state index in [1.807, 2.05) is 6.92 Å². The number of hydrogen-bond acceptors (Lipinski definition) is 2. The van der Waals surface area contributed by atoms with Gasteiger partial charge in [-0.3, -0.25) is 0 Å². The summed E-state index contributed by atoms with van der Waals surface area (Å²) in [6.07, 6.45) is -0.498. The number of rotatable bonds is 8. The van der Waals surface area contributed by atoms with Crippen LogP contribution >= 0.6 is 0 Å². The summed E-state index contributed by atoms with van der Waals surface area (Å²) >= 11 is 0. The molecule has 2 atom stereocenters. The van der Waals surface area contributed by atoms with Crippen molar-refractivity contribution in [2.75, 3.05) is 13.2 Å². The Morgan fingerprint density at radius 3 is 2.29 bits per heavy atom. The van der Waals surface area contributed by atoms with E-state index in [1.165, 1.54) is 6.07 Å². The third kappa shape index (κ3) is 7.22. The van der Waals surface area contributed by atoms with Crippen molar-refractivity contribution in [1.29, 1.82) is 5.26 Å². The van der Waals surface area contributed by atoms with Gasteiger partial charge in [-0.05, 0) is 12.3 Å². The largest absolute Gasteiger partial charge is 0.406 e. The first-order valence-electron chi connectivity index (χ1n) is 5.99. The van der Waals surface area contributed by atoms with Crippen LogP contribution in [0.1, 0.15) is 39.5 Å². The molecule has 0 aliphatic rings. The van der Waals surface area contributed by atoms with Gasteiger partial charge in [-0.1, -0.05) is 33.1 Å². The molecule has 0 N–H and O–H groups in total. The van der Waals surface area contributed by atoms with Crippen LogP contribution in [0, 0.1) is 23.2 Å². The predicted octanol–water partition coefficient (Wildman–Crippen LogP) is 3.92. The summed E-state index contributed by atoms with van der Waals surface area (Å²) in [6.45, 7) is 3.82. The number of nitrogens with zero attached hydrogens (tertiary/aromatic N) is 1. The second-order valence-corrected chi connectivity index (χ2v) is 4.18. The highest BCUT2D eigenvalue weighted by molar-refractivity contribution is 4.88. The molecule has 2 unspecified atom stereocenters. The fourth-order valence-electron chi connectivity index (χ4n) is 1.46. The smallest absolute Gasteiger partial charge is 0.379 e. The molecule has 0 aromatic heterocycles. The van der Waals surface area contributed by atoms with Crippen molar-refractivity contribution < 1.29 is 17.9 Å². The lowest BCUT2D eigenvalue weighted by atomic mass is 10.0. The van der Waals surface area contributed by atoms with E-state index >= 15 is 0 Å². The molecule has 17 heavy (non-hydrogen) atoms. The van der Waals surface area contributed by atoms with Crippen LogP contribution in [0.2, 0.25) is 0 Å². The number of unbranched alkanes of at least 4 members (excludes halogenated alkanes) is 1. The summed E-state index contributed by atoms with van der Waals surface area (Å²) in [5, 5.41) is 8.38. The van der Waals surface area contributed by atoms with Gasteiger partial charge in [0, 0.05) is 6.61 Å². The summed E-state index contributed by atoms with van der Waals surface area (Å²) in [4.78, 5) is 0. The maximum Gasteiger partial charge on any atom is 0.406 e. The number of ether oxygens (including phenoxy) is 1. The van der Waals surface area contributed by atoms with Crippen molar-refractivity contribution in [2.24, 2.45) is 11.8 Å². The van der Waals surface area contributed by atoms with Gasteiger partial charge < -0.3 is 4.74 Å². The zero-order chi connectivity index (χ0) is 13.3. The van der Waals surface area contributed by atoms with Crippen molar-refractivity contribution in [3.05, 3.63) is 0 Å². The van der Waals surface area contributed by atoms with Crippen molar-refractivity contribution in [3.8, 4) is 6.07 Å². The lowest BCUT2D eigenvalue weighted by Crippen LogP contribution is -2.27. The minimum Gasteiger partial charge on any atom is -0.379 e. The van der Waals surface area contributed by atoms with Crippen LogP contribution in [-0.4, -0.2) is 19.4 Å². The van der Waals surface area contributed by atoms with Crippen molar-refractivity contribution in [1.82, 2.24) is 0 Å². The summed E-state index contributed by atoms with van der Waals surface area (Å²) in [5.74, 6) is -1.71. The number of alkyl halides is 3. The molecule has 0 radical (unpaired) electrons. The Morgan fingerprint density at radius 1 is 1.24 bits per heavy atom. The van der Waals surface area contributed by atoms with Crippen LogP contribution in [0.5, 0.6) is 0 Å². The molecule has 0 fully saturated rings. The van der Waals surface area contributed by atoms with Crippen molar-refractivity contribution in [2.45, 2.75) is 45.7 Å². The molecule has 0 saturated carbocycles. The average molecular weight is 251 g/mol. The highest BCUT2D eigenvalue weighted by Crippen LogP contribution is 2.26. The maximum atomic E-state index is 12.2. The van der Waals surface area contributed by atoms with Gasteiger partial charge in [-0.2, -0.15) is 18.4 Å². The monoisotopic (exact) mass is 251 g/mol. The van der Waals surface area contributed by atoms with Gasteiger partial charge in [-0.15, -0.1) is 0 Å². The van der Waals surface area contributed by atoms with Crippen LogP contribution in [0.3, 0.4) is 0 Å². The number of nitriles is 1. The molecule has 0 aromatic rings. The highest BCUT2D eigenvalue weighted by atomic mass is 19.4. The van der Waals surface area contributed by atoms with E-state index in [0.717, 1.165) is 25.7 Å². The standard InChI is InChI=1S/C12H20F3NO/c1-3-5-6-10(4-2)8-17-9-11(7-16)12(13,14)15/h10-11H,3-6,8-9H2,1-2H3. The molecule has 5 heteroatoms. The first-order chi connectivity index (χ1) is 7.95. The van der Waals surface area contributed by atoms with Gasteiger partial charge in [0.1, 0.15) is 0 Å². The SMILES string of the molecule is CCCCC(CC)COCC(C#N)C(F)(F)F. The van der Waals surface area contributed by atoms with Gasteiger partial charge in [0.05, 0.1) is 12.7 Å². The zero-order valence-electron chi connectivity index (χ0n) is 10.4. The van der Waals surface area contributed by atoms with Gasteiger partial charge >= 0.3 is 6.18 Å². The minimum atomic E-state index is -4.49. The van der Waals surface area contributed by atoms with E-state index in [1.54, 1.807) is 0 Å². The molecular weight excluding hydrogens is 231 g/mol. The van der Waals surface area contributed by atoms with E-state index in [0.29, 0.717) is 12.5 Å². The molecule has 0 aromatic carbocycles. The average Bonchev–Trinajstić information content (AvgIpc) is 2.26. The Morgan fingerprint density at radius 2 is 1.88 bits per heavy atom. The van der Waals surface area contributed by atoms with Gasteiger partial charge in [-0.25, -0.2) is 0 Å². The van der Waals surface area contributed by atoms with Crippen LogP contribution in [0.25, 0.3) is 0 Å². The molecular formula is C12H20F3NO. The van der Waals surface area contributed by atoms with Crippen LogP contribution in [-0.2, 0) is 4.74 Å². The third-order valence-electron chi connectivity index (χ3n) is 2.73. The molecule has 2 nitrogen and oxygen atoms in total. The zero-order valence-corrected chi connectivity index (χ0v) is 10.4. The third-order valence-corrected chi connectivity index (χ3v) is 2.73. The molecule has 0 aliphatic carbocycles. The molecule has 0 rings (SSSR count). The van der Waals surface area contributed by atoms with E-state index in [9.17, 15) is 13.2 Å². The second kappa shape index (κ2) is 8.35. The quantitative estimate of drug-likeness (QED) is 0.655. The fraction of sp³-hybridized carbons (Fsp3) is 0.917. The first kappa shape index (κ1) is 16.2. The molecule has 0 spiro atoms. The fourth-order valence-corrected chi connectivity index (χ4v) is 1.46. The maximum absolute atomic E-state index is 12.2. The van der Waals surface area contributed by atoms with Gasteiger partial charge in [0.2, 0.25) is 0 Å². The topological polar surface area (TPSA) is 33.0 Å².